The molecule has 1 aromatic carbocycles. The van der Waals surface area contributed by atoms with E-state index < -0.39 is 24.2 Å². The lowest BCUT2D eigenvalue weighted by Gasteiger charge is -2.33. The fourth-order valence-electron chi connectivity index (χ4n) is 3.55. The number of benzene rings is 1. The molecular formula is C20H17BrClF3N4O3S. The number of nitrogens with zero attached hydrogens (tertiary/aromatic N) is 2. The molecule has 0 saturated heterocycles. The lowest BCUT2D eigenvalue weighted by atomic mass is 10.0. The van der Waals surface area contributed by atoms with Gasteiger partial charge in [-0.15, -0.1) is 11.3 Å². The SMILES string of the molecule is COc1cc(NC(=O)c2nn3c(c2Br)N[C@@H](c2cccs2)C[C@H]3C(F)(F)F)c(OC)cc1Cl. The van der Waals surface area contributed by atoms with Crippen LogP contribution in [0.4, 0.5) is 24.7 Å². The van der Waals surface area contributed by atoms with Crippen molar-refractivity contribution in [1.29, 1.82) is 0 Å². The zero-order valence-electron chi connectivity index (χ0n) is 17.2. The summed E-state index contributed by atoms with van der Waals surface area (Å²) in [6, 6.07) is 3.97. The number of halogens is 5. The quantitative estimate of drug-likeness (QED) is 0.380. The van der Waals surface area contributed by atoms with Crippen molar-refractivity contribution < 1.29 is 27.4 Å². The van der Waals surface area contributed by atoms with Gasteiger partial charge in [-0.05, 0) is 27.4 Å². The highest BCUT2D eigenvalue weighted by molar-refractivity contribution is 9.10. The molecule has 2 aromatic heterocycles. The second-order valence-electron chi connectivity index (χ2n) is 7.10. The van der Waals surface area contributed by atoms with Crippen LogP contribution in [0.2, 0.25) is 5.02 Å². The first-order valence-electron chi connectivity index (χ1n) is 9.51. The fraction of sp³-hybridized carbons (Fsp3) is 0.300. The molecule has 176 valence electrons. The highest BCUT2D eigenvalue weighted by Gasteiger charge is 2.48. The number of methoxy groups -OCH3 is 2. The molecule has 3 heterocycles. The Morgan fingerprint density at radius 3 is 2.67 bits per heavy atom. The number of ether oxygens (including phenoxy) is 2. The molecule has 1 amide bonds. The molecule has 0 unspecified atom stereocenters. The van der Waals surface area contributed by atoms with E-state index in [4.69, 9.17) is 21.1 Å². The van der Waals surface area contributed by atoms with Gasteiger partial charge in [-0.25, -0.2) is 4.68 Å². The summed E-state index contributed by atoms with van der Waals surface area (Å²) in [5.41, 5.74) is 0.00737. The number of rotatable bonds is 5. The molecular weight excluding hydrogens is 549 g/mol. The van der Waals surface area contributed by atoms with Crippen molar-refractivity contribution in [2.24, 2.45) is 0 Å². The van der Waals surface area contributed by atoms with E-state index in [1.165, 1.54) is 37.7 Å². The van der Waals surface area contributed by atoms with E-state index in [1.807, 2.05) is 0 Å². The van der Waals surface area contributed by atoms with Crippen LogP contribution in [-0.4, -0.2) is 36.1 Å². The van der Waals surface area contributed by atoms with Gasteiger partial charge in [0.25, 0.3) is 5.91 Å². The Kier molecular flexibility index (Phi) is 6.52. The van der Waals surface area contributed by atoms with E-state index in [-0.39, 0.29) is 44.6 Å². The Bertz CT molecular complexity index is 1190. The monoisotopic (exact) mass is 564 g/mol. The zero-order valence-corrected chi connectivity index (χ0v) is 20.3. The molecule has 0 spiro atoms. The Balaban J connectivity index is 1.71. The van der Waals surface area contributed by atoms with Gasteiger partial charge in [0.1, 0.15) is 17.3 Å². The lowest BCUT2D eigenvalue weighted by Crippen LogP contribution is -2.35. The third-order valence-electron chi connectivity index (χ3n) is 5.12. The summed E-state index contributed by atoms with van der Waals surface area (Å²) < 4.78 is 53.0. The summed E-state index contributed by atoms with van der Waals surface area (Å²) >= 11 is 10.7. The summed E-state index contributed by atoms with van der Waals surface area (Å²) in [5.74, 6) is -0.124. The van der Waals surface area contributed by atoms with Crippen LogP contribution in [0.15, 0.2) is 34.1 Å². The van der Waals surface area contributed by atoms with Crippen LogP contribution in [-0.2, 0) is 0 Å². The van der Waals surface area contributed by atoms with Gasteiger partial charge in [0.05, 0.1) is 35.4 Å². The van der Waals surface area contributed by atoms with E-state index in [1.54, 1.807) is 17.5 Å². The van der Waals surface area contributed by atoms with Gasteiger partial charge >= 0.3 is 6.18 Å². The summed E-state index contributed by atoms with van der Waals surface area (Å²) in [6.45, 7) is 0. The van der Waals surface area contributed by atoms with Crippen molar-refractivity contribution in [3.05, 3.63) is 49.7 Å². The van der Waals surface area contributed by atoms with Crippen molar-refractivity contribution in [2.45, 2.75) is 24.7 Å². The summed E-state index contributed by atoms with van der Waals surface area (Å²) in [5, 5.41) is 11.8. The van der Waals surface area contributed by atoms with Crippen molar-refractivity contribution >= 4 is 56.3 Å². The number of alkyl halides is 3. The average molecular weight is 566 g/mol. The smallest absolute Gasteiger partial charge is 0.410 e. The second-order valence-corrected chi connectivity index (χ2v) is 9.28. The van der Waals surface area contributed by atoms with Gasteiger partial charge < -0.3 is 20.1 Å². The molecule has 13 heteroatoms. The number of carbonyl (C=O) groups excluding carboxylic acids is 1. The average Bonchev–Trinajstić information content (AvgIpc) is 3.42. The number of fused-ring (bicyclic) bond motifs is 1. The zero-order chi connectivity index (χ0) is 23.9. The third-order valence-corrected chi connectivity index (χ3v) is 7.15. The van der Waals surface area contributed by atoms with Gasteiger partial charge in [0, 0.05) is 23.4 Å². The molecule has 0 aliphatic carbocycles. The first kappa shape index (κ1) is 23.7. The van der Waals surface area contributed by atoms with E-state index >= 15 is 0 Å². The molecule has 1 aliphatic rings. The predicted octanol–water partition coefficient (Wildman–Crippen LogP) is 6.29. The Morgan fingerprint density at radius 1 is 1.33 bits per heavy atom. The molecule has 2 atom stereocenters. The standard InChI is InChI=1S/C20H17BrClF3N4O3S/c1-31-12-7-10(13(32-2)6-9(12)22)27-19(30)17-16(21)18-26-11(14-4-3-5-33-14)8-15(20(23,24)25)29(18)28-17/h3-7,11,15,26H,8H2,1-2H3,(H,27,30)/t11-,15+/m1/s1. The molecule has 33 heavy (non-hydrogen) atoms. The molecule has 0 saturated carbocycles. The van der Waals surface area contributed by atoms with Crippen LogP contribution in [0.25, 0.3) is 0 Å². The number of aromatic nitrogens is 2. The van der Waals surface area contributed by atoms with E-state index in [0.717, 1.165) is 9.56 Å². The van der Waals surface area contributed by atoms with Crippen molar-refractivity contribution in [1.82, 2.24) is 9.78 Å². The van der Waals surface area contributed by atoms with Gasteiger partial charge in [-0.3, -0.25) is 4.79 Å². The van der Waals surface area contributed by atoms with Gasteiger partial charge in [0.15, 0.2) is 11.7 Å². The van der Waals surface area contributed by atoms with Crippen LogP contribution in [0.1, 0.15) is 33.9 Å². The van der Waals surface area contributed by atoms with Crippen LogP contribution in [0, 0.1) is 0 Å². The molecule has 0 fully saturated rings. The minimum absolute atomic E-state index is 0.0766. The predicted molar refractivity (Wildman–Crippen MR) is 123 cm³/mol. The summed E-state index contributed by atoms with van der Waals surface area (Å²) in [7, 11) is 2.80. The Hall–Kier alpha value is -2.44. The van der Waals surface area contributed by atoms with E-state index in [2.05, 4.69) is 31.7 Å². The highest BCUT2D eigenvalue weighted by Crippen LogP contribution is 2.47. The van der Waals surface area contributed by atoms with Crippen molar-refractivity contribution in [3.63, 3.8) is 0 Å². The second kappa shape index (κ2) is 9.07. The highest BCUT2D eigenvalue weighted by atomic mass is 79.9. The Morgan fingerprint density at radius 2 is 2.06 bits per heavy atom. The molecule has 4 rings (SSSR count). The molecule has 7 nitrogen and oxygen atoms in total. The molecule has 2 N–H and O–H groups in total. The minimum atomic E-state index is -4.56. The van der Waals surface area contributed by atoms with Gasteiger partial charge in [-0.1, -0.05) is 17.7 Å². The summed E-state index contributed by atoms with van der Waals surface area (Å²) in [4.78, 5) is 13.8. The normalized spacial score (nSPS) is 17.8. The largest absolute Gasteiger partial charge is 0.495 e. The minimum Gasteiger partial charge on any atom is -0.495 e. The number of nitrogens with one attached hydrogen (secondary N) is 2. The van der Waals surface area contributed by atoms with Crippen molar-refractivity contribution in [2.75, 3.05) is 24.9 Å². The fourth-order valence-corrected chi connectivity index (χ4v) is 5.13. The molecule has 1 aliphatic heterocycles. The molecule has 0 radical (unpaired) electrons. The lowest BCUT2D eigenvalue weighted by molar-refractivity contribution is -0.173. The topological polar surface area (TPSA) is 77.4 Å². The number of carbonyl (C=O) groups is 1. The van der Waals surface area contributed by atoms with Crippen molar-refractivity contribution in [3.8, 4) is 11.5 Å². The van der Waals surface area contributed by atoms with Crippen LogP contribution in [0.3, 0.4) is 0 Å². The van der Waals surface area contributed by atoms with Gasteiger partial charge in [0.2, 0.25) is 0 Å². The first-order valence-corrected chi connectivity index (χ1v) is 11.6. The van der Waals surface area contributed by atoms with Crippen LogP contribution < -0.4 is 20.1 Å². The van der Waals surface area contributed by atoms with E-state index in [0.29, 0.717) is 0 Å². The van der Waals surface area contributed by atoms with Crippen LogP contribution >= 0.6 is 38.9 Å². The maximum Gasteiger partial charge on any atom is 0.410 e. The maximum atomic E-state index is 13.9. The number of thiophene rings is 1. The maximum absolute atomic E-state index is 13.9. The first-order chi connectivity index (χ1) is 15.6. The molecule has 0 bridgehead atoms. The third kappa shape index (κ3) is 4.51. The Labute approximate surface area is 203 Å². The molecule has 3 aromatic rings. The van der Waals surface area contributed by atoms with Crippen LogP contribution in [0.5, 0.6) is 11.5 Å². The summed E-state index contributed by atoms with van der Waals surface area (Å²) in [6.07, 6.45) is -4.81. The van der Waals surface area contributed by atoms with E-state index in [9.17, 15) is 18.0 Å². The van der Waals surface area contributed by atoms with Gasteiger partial charge in [-0.2, -0.15) is 18.3 Å². The number of hydrogen-bond acceptors (Lipinski definition) is 6. The number of amides is 1. The number of anilines is 2. The number of hydrogen-bond donors (Lipinski definition) is 2.